The average molecular weight is 214 g/mol. The molecule has 0 radical (unpaired) electrons. The van der Waals surface area contributed by atoms with Crippen LogP contribution in [-0.2, 0) is 4.74 Å². The molecule has 1 fully saturated rings. The van der Waals surface area contributed by atoms with Gasteiger partial charge in [-0.05, 0) is 19.3 Å². The first kappa shape index (κ1) is 12.3. The van der Waals surface area contributed by atoms with Crippen molar-refractivity contribution in [2.24, 2.45) is 10.8 Å². The molecule has 15 heavy (non-hydrogen) atoms. The summed E-state index contributed by atoms with van der Waals surface area (Å²) in [5.41, 5.74) is 2.60. The van der Waals surface area contributed by atoms with E-state index in [1.807, 2.05) is 0 Å². The molecule has 0 aliphatic heterocycles. The number of hydrogen-bond donors (Lipinski definition) is 3. The number of methoxy groups -OCH3 is 1. The second-order valence-corrected chi connectivity index (χ2v) is 3.85. The van der Waals surface area contributed by atoms with E-state index in [-0.39, 0.29) is 0 Å². The molecule has 0 spiro atoms. The van der Waals surface area contributed by atoms with Gasteiger partial charge in [-0.2, -0.15) is 0 Å². The quantitative estimate of drug-likeness (QED) is 0.203. The van der Waals surface area contributed by atoms with Gasteiger partial charge in [0.2, 0.25) is 5.96 Å². The molecule has 0 amide bonds. The maximum Gasteiger partial charge on any atom is 0.205 e. The Morgan fingerprint density at radius 2 is 2.20 bits per heavy atom. The molecule has 88 valence electrons. The molecular formula is C10H22N4O. The van der Waals surface area contributed by atoms with Crippen LogP contribution in [0.1, 0.15) is 32.1 Å². The van der Waals surface area contributed by atoms with Crippen LogP contribution in [0, 0.1) is 0 Å². The Kier molecular flexibility index (Phi) is 6.11. The second kappa shape index (κ2) is 7.48. The van der Waals surface area contributed by atoms with E-state index in [0.29, 0.717) is 12.0 Å². The van der Waals surface area contributed by atoms with Crippen LogP contribution in [-0.4, -0.2) is 32.3 Å². The number of aliphatic imine (C=N–C) groups is 1. The molecule has 0 saturated heterocycles. The van der Waals surface area contributed by atoms with E-state index in [1.165, 1.54) is 25.7 Å². The van der Waals surface area contributed by atoms with Gasteiger partial charge in [-0.1, -0.05) is 12.8 Å². The summed E-state index contributed by atoms with van der Waals surface area (Å²) in [7, 11) is 1.70. The van der Waals surface area contributed by atoms with Gasteiger partial charge in [0, 0.05) is 26.3 Å². The molecule has 5 heteroatoms. The van der Waals surface area contributed by atoms with Crippen molar-refractivity contribution in [1.82, 2.24) is 10.7 Å². The zero-order valence-electron chi connectivity index (χ0n) is 9.46. The van der Waals surface area contributed by atoms with Crippen molar-refractivity contribution in [3.63, 3.8) is 0 Å². The third-order valence-electron chi connectivity index (χ3n) is 2.61. The highest BCUT2D eigenvalue weighted by atomic mass is 16.5. The lowest BCUT2D eigenvalue weighted by Crippen LogP contribution is -2.45. The molecule has 1 rings (SSSR count). The number of rotatable bonds is 5. The zero-order valence-corrected chi connectivity index (χ0v) is 9.46. The standard InChI is InChI=1S/C10H22N4O/c1-15-8-4-7-12-10(14-11)13-9-5-2-3-6-9/h9H,2-8,11H2,1H3,(H2,12,13,14). The van der Waals surface area contributed by atoms with Crippen molar-refractivity contribution >= 4 is 5.96 Å². The largest absolute Gasteiger partial charge is 0.385 e. The minimum absolute atomic E-state index is 0.544. The lowest BCUT2D eigenvalue weighted by atomic mass is 10.2. The maximum absolute atomic E-state index is 5.39. The minimum Gasteiger partial charge on any atom is -0.385 e. The number of ether oxygens (including phenoxy) is 1. The van der Waals surface area contributed by atoms with Gasteiger partial charge in [0.25, 0.3) is 0 Å². The number of hydrogen-bond acceptors (Lipinski definition) is 3. The van der Waals surface area contributed by atoms with Crippen molar-refractivity contribution in [2.75, 3.05) is 20.3 Å². The van der Waals surface area contributed by atoms with Crippen LogP contribution < -0.4 is 16.6 Å². The molecule has 4 N–H and O–H groups in total. The van der Waals surface area contributed by atoms with Crippen LogP contribution in [0.3, 0.4) is 0 Å². The molecule has 0 heterocycles. The molecular weight excluding hydrogens is 192 g/mol. The van der Waals surface area contributed by atoms with Crippen molar-refractivity contribution in [3.8, 4) is 0 Å². The van der Waals surface area contributed by atoms with E-state index in [4.69, 9.17) is 10.6 Å². The van der Waals surface area contributed by atoms with E-state index < -0.39 is 0 Å². The summed E-state index contributed by atoms with van der Waals surface area (Å²) in [6.45, 7) is 1.48. The maximum atomic E-state index is 5.39. The third-order valence-corrected chi connectivity index (χ3v) is 2.61. The molecule has 0 aromatic carbocycles. The average Bonchev–Trinajstić information content (AvgIpc) is 2.75. The van der Waals surface area contributed by atoms with Gasteiger partial charge in [-0.15, -0.1) is 0 Å². The van der Waals surface area contributed by atoms with Gasteiger partial charge < -0.3 is 10.1 Å². The monoisotopic (exact) mass is 214 g/mol. The summed E-state index contributed by atoms with van der Waals surface area (Å²) in [4.78, 5) is 4.33. The lowest BCUT2D eigenvalue weighted by Gasteiger charge is -2.14. The predicted octanol–water partition coefficient (Wildman–Crippen LogP) is 0.374. The Morgan fingerprint density at radius 1 is 1.47 bits per heavy atom. The van der Waals surface area contributed by atoms with E-state index in [0.717, 1.165) is 19.6 Å². The highest BCUT2D eigenvalue weighted by Gasteiger charge is 2.15. The smallest absolute Gasteiger partial charge is 0.205 e. The van der Waals surface area contributed by atoms with Crippen LogP contribution in [0.25, 0.3) is 0 Å². The number of guanidine groups is 1. The Morgan fingerprint density at radius 3 is 2.80 bits per heavy atom. The number of nitrogens with zero attached hydrogens (tertiary/aromatic N) is 1. The zero-order chi connectivity index (χ0) is 10.9. The van der Waals surface area contributed by atoms with Gasteiger partial charge in [-0.25, -0.2) is 5.84 Å². The summed E-state index contributed by atoms with van der Waals surface area (Å²) in [6.07, 6.45) is 5.98. The predicted molar refractivity (Wildman–Crippen MR) is 61.5 cm³/mol. The van der Waals surface area contributed by atoms with Crippen LogP contribution in [0.2, 0.25) is 0 Å². The Bertz CT molecular complexity index is 190. The summed E-state index contributed by atoms with van der Waals surface area (Å²) >= 11 is 0. The lowest BCUT2D eigenvalue weighted by molar-refractivity contribution is 0.197. The van der Waals surface area contributed by atoms with Crippen molar-refractivity contribution in [3.05, 3.63) is 0 Å². The van der Waals surface area contributed by atoms with Crippen molar-refractivity contribution in [1.29, 1.82) is 0 Å². The van der Waals surface area contributed by atoms with Crippen LogP contribution >= 0.6 is 0 Å². The fourth-order valence-electron chi connectivity index (χ4n) is 1.80. The van der Waals surface area contributed by atoms with Gasteiger partial charge in [0.1, 0.15) is 0 Å². The van der Waals surface area contributed by atoms with Crippen LogP contribution in [0.4, 0.5) is 0 Å². The van der Waals surface area contributed by atoms with Gasteiger partial charge in [-0.3, -0.25) is 10.4 Å². The summed E-state index contributed by atoms with van der Waals surface area (Å²) < 4.78 is 4.95. The molecule has 0 aromatic heterocycles. The first-order valence-corrected chi connectivity index (χ1v) is 5.63. The summed E-state index contributed by atoms with van der Waals surface area (Å²) in [5, 5.41) is 3.32. The molecule has 0 aromatic rings. The van der Waals surface area contributed by atoms with Gasteiger partial charge in [0.05, 0.1) is 0 Å². The Labute approximate surface area is 91.4 Å². The van der Waals surface area contributed by atoms with E-state index in [2.05, 4.69) is 15.7 Å². The highest BCUT2D eigenvalue weighted by molar-refractivity contribution is 5.79. The van der Waals surface area contributed by atoms with Crippen molar-refractivity contribution < 1.29 is 4.74 Å². The highest BCUT2D eigenvalue weighted by Crippen LogP contribution is 2.17. The molecule has 1 aliphatic rings. The van der Waals surface area contributed by atoms with Crippen molar-refractivity contribution in [2.45, 2.75) is 38.1 Å². The normalized spacial score (nSPS) is 18.1. The van der Waals surface area contributed by atoms with Crippen LogP contribution in [0.15, 0.2) is 4.99 Å². The van der Waals surface area contributed by atoms with Gasteiger partial charge >= 0.3 is 0 Å². The number of hydrazine groups is 1. The number of nitrogens with one attached hydrogen (secondary N) is 2. The Hall–Kier alpha value is -0.810. The first-order valence-electron chi connectivity index (χ1n) is 5.63. The molecule has 0 atom stereocenters. The summed E-state index contributed by atoms with van der Waals surface area (Å²) in [5.74, 6) is 6.10. The van der Waals surface area contributed by atoms with Gasteiger partial charge in [0.15, 0.2) is 0 Å². The SMILES string of the molecule is COCCCN=C(NN)NC1CCCC1. The molecule has 1 aliphatic carbocycles. The van der Waals surface area contributed by atoms with E-state index in [9.17, 15) is 0 Å². The van der Waals surface area contributed by atoms with E-state index in [1.54, 1.807) is 7.11 Å². The fourth-order valence-corrected chi connectivity index (χ4v) is 1.80. The first-order chi connectivity index (χ1) is 7.36. The fraction of sp³-hybridized carbons (Fsp3) is 0.900. The molecule has 1 saturated carbocycles. The topological polar surface area (TPSA) is 71.7 Å². The molecule has 0 unspecified atom stereocenters. The third kappa shape index (κ3) is 4.99. The second-order valence-electron chi connectivity index (χ2n) is 3.85. The molecule has 0 bridgehead atoms. The van der Waals surface area contributed by atoms with E-state index >= 15 is 0 Å². The number of nitrogens with two attached hydrogens (primary N) is 1. The molecule has 5 nitrogen and oxygen atoms in total. The minimum atomic E-state index is 0.544. The van der Waals surface area contributed by atoms with Crippen LogP contribution in [0.5, 0.6) is 0 Å². The Balaban J connectivity index is 2.20. The summed E-state index contributed by atoms with van der Waals surface area (Å²) in [6, 6.07) is 0.544.